The number of nitrogens with zero attached hydrogens (tertiary/aromatic N) is 6. The highest BCUT2D eigenvalue weighted by Crippen LogP contribution is 2.25. The summed E-state index contributed by atoms with van der Waals surface area (Å²) in [5.41, 5.74) is 1.01. The fourth-order valence-electron chi connectivity index (χ4n) is 5.53. The third-order valence-electron chi connectivity index (χ3n) is 7.73. The average molecular weight is 581 g/mol. The van der Waals surface area contributed by atoms with Crippen LogP contribution in [-0.4, -0.2) is 81.7 Å². The van der Waals surface area contributed by atoms with Gasteiger partial charge in [-0.2, -0.15) is 4.98 Å². The van der Waals surface area contributed by atoms with Gasteiger partial charge in [0.2, 0.25) is 11.9 Å². The molecule has 2 aromatic heterocycles. The van der Waals surface area contributed by atoms with Crippen LogP contribution in [0.15, 0.2) is 49.2 Å². The topological polar surface area (TPSA) is 118 Å². The molecule has 2 N–H and O–H groups in total. The number of aromatic nitrogens is 4. The predicted octanol–water partition coefficient (Wildman–Crippen LogP) is 3.61. The molecule has 11 nitrogen and oxygen atoms in total. The molecule has 0 bridgehead atoms. The van der Waals surface area contributed by atoms with Crippen molar-refractivity contribution >= 4 is 29.4 Å². The molecule has 1 unspecified atom stereocenters. The fourth-order valence-corrected chi connectivity index (χ4v) is 5.81. The first-order chi connectivity index (χ1) is 20.0. The molecule has 3 amide bonds. The lowest BCUT2D eigenvalue weighted by Crippen LogP contribution is -2.59. The number of hydrogen-bond acceptors (Lipinski definition) is 7. The molecule has 0 radical (unpaired) electrons. The molecule has 1 aliphatic heterocycles. The van der Waals surface area contributed by atoms with Crippen molar-refractivity contribution in [3.63, 3.8) is 0 Å². The van der Waals surface area contributed by atoms with E-state index in [2.05, 4.69) is 25.5 Å². The van der Waals surface area contributed by atoms with Crippen molar-refractivity contribution in [3.8, 4) is 11.7 Å². The van der Waals surface area contributed by atoms with Crippen molar-refractivity contribution < 1.29 is 14.3 Å². The zero-order valence-electron chi connectivity index (χ0n) is 23.3. The molecule has 1 aromatic carbocycles. The first-order valence-electron chi connectivity index (χ1n) is 14.2. The van der Waals surface area contributed by atoms with Crippen LogP contribution in [0.2, 0.25) is 5.02 Å². The minimum atomic E-state index is -0.248. The number of urea groups is 1. The molecule has 12 heteroatoms. The number of anilines is 1. The van der Waals surface area contributed by atoms with Crippen molar-refractivity contribution in [2.75, 3.05) is 38.2 Å². The van der Waals surface area contributed by atoms with Gasteiger partial charge in [0, 0.05) is 57.2 Å². The van der Waals surface area contributed by atoms with Crippen molar-refractivity contribution in [1.82, 2.24) is 35.1 Å². The zero-order valence-corrected chi connectivity index (χ0v) is 24.1. The van der Waals surface area contributed by atoms with Gasteiger partial charge in [-0.1, -0.05) is 36.9 Å². The molecule has 2 fully saturated rings. The van der Waals surface area contributed by atoms with Crippen LogP contribution < -0.4 is 20.3 Å². The number of imidazole rings is 1. The second-order valence-corrected chi connectivity index (χ2v) is 10.9. The van der Waals surface area contributed by atoms with Gasteiger partial charge in [-0.25, -0.2) is 14.8 Å². The van der Waals surface area contributed by atoms with E-state index in [0.29, 0.717) is 55.1 Å². The molecule has 1 saturated heterocycles. The van der Waals surface area contributed by atoms with E-state index >= 15 is 0 Å². The van der Waals surface area contributed by atoms with Crippen LogP contribution in [0.3, 0.4) is 0 Å². The number of halogens is 1. The molecule has 3 aromatic rings. The van der Waals surface area contributed by atoms with Gasteiger partial charge < -0.3 is 25.2 Å². The predicted molar refractivity (Wildman–Crippen MR) is 157 cm³/mol. The standard InChI is InChI=1S/C29H37ClN8O3/c1-41-25-8-7-21(17-24(25)30)9-11-32-27(39)18-23-19-36(29(40)34-22-5-3-2-4-6-22)15-16-38(23)26-10-12-33-28(35-26)37-14-13-31-20-37/h7-8,10,12-14,17,20,22-23H,2-6,9,11,15-16,18-19H2,1H3,(H,32,39)(H,34,40). The number of carbonyl (C=O) groups excluding carboxylic acids is 2. The Labute approximate surface area is 245 Å². The van der Waals surface area contributed by atoms with E-state index in [1.807, 2.05) is 29.2 Å². The fraction of sp³-hybridized carbons (Fsp3) is 0.483. The van der Waals surface area contributed by atoms with Crippen LogP contribution >= 0.6 is 11.6 Å². The molecular weight excluding hydrogens is 544 g/mol. The summed E-state index contributed by atoms with van der Waals surface area (Å²) in [4.78, 5) is 43.5. The molecule has 41 heavy (non-hydrogen) atoms. The quantitative estimate of drug-likeness (QED) is 0.397. The molecule has 1 saturated carbocycles. The highest BCUT2D eigenvalue weighted by molar-refractivity contribution is 6.32. The Morgan fingerprint density at radius 2 is 1.98 bits per heavy atom. The third kappa shape index (κ3) is 7.46. The van der Waals surface area contributed by atoms with Gasteiger partial charge in [0.25, 0.3) is 0 Å². The number of benzene rings is 1. The number of ether oxygens (including phenoxy) is 1. The normalized spacial score (nSPS) is 17.8. The van der Waals surface area contributed by atoms with Crippen LogP contribution in [0.25, 0.3) is 5.95 Å². The monoisotopic (exact) mass is 580 g/mol. The van der Waals surface area contributed by atoms with Crippen molar-refractivity contribution in [2.24, 2.45) is 0 Å². The van der Waals surface area contributed by atoms with Gasteiger partial charge in [-0.15, -0.1) is 0 Å². The Morgan fingerprint density at radius 1 is 1.12 bits per heavy atom. The van der Waals surface area contributed by atoms with Crippen LogP contribution in [0.4, 0.5) is 10.6 Å². The molecule has 1 aliphatic carbocycles. The number of nitrogens with one attached hydrogen (secondary N) is 2. The summed E-state index contributed by atoms with van der Waals surface area (Å²) in [5, 5.41) is 6.80. The SMILES string of the molecule is COc1ccc(CCNC(=O)CC2CN(C(=O)NC3CCCCC3)CCN2c2ccnc(-n3ccnc3)n2)cc1Cl. The van der Waals surface area contributed by atoms with Gasteiger partial charge >= 0.3 is 6.03 Å². The minimum absolute atomic E-state index is 0.0554. The Balaban J connectivity index is 1.25. The lowest BCUT2D eigenvalue weighted by Gasteiger charge is -2.42. The van der Waals surface area contributed by atoms with Crippen LogP contribution in [0.5, 0.6) is 5.75 Å². The maximum atomic E-state index is 13.2. The smallest absolute Gasteiger partial charge is 0.317 e. The van der Waals surface area contributed by atoms with Crippen molar-refractivity contribution in [1.29, 1.82) is 0 Å². The zero-order chi connectivity index (χ0) is 28.6. The highest BCUT2D eigenvalue weighted by atomic mass is 35.5. The molecule has 5 rings (SSSR count). The highest BCUT2D eigenvalue weighted by Gasteiger charge is 2.33. The molecular formula is C29H37ClN8O3. The Kier molecular flexibility index (Phi) is 9.55. The number of hydrogen-bond donors (Lipinski definition) is 2. The van der Waals surface area contributed by atoms with Crippen LogP contribution in [-0.2, 0) is 11.2 Å². The van der Waals surface area contributed by atoms with Gasteiger partial charge in [-0.3, -0.25) is 9.36 Å². The second-order valence-electron chi connectivity index (χ2n) is 10.5. The van der Waals surface area contributed by atoms with E-state index in [-0.39, 0.29) is 30.4 Å². The molecule has 2 aliphatic rings. The molecule has 0 spiro atoms. The van der Waals surface area contributed by atoms with Gasteiger partial charge in [0.05, 0.1) is 18.2 Å². The summed E-state index contributed by atoms with van der Waals surface area (Å²) >= 11 is 6.25. The van der Waals surface area contributed by atoms with E-state index < -0.39 is 0 Å². The lowest BCUT2D eigenvalue weighted by atomic mass is 9.96. The second kappa shape index (κ2) is 13.7. The molecule has 218 valence electrons. The maximum Gasteiger partial charge on any atom is 0.317 e. The summed E-state index contributed by atoms with van der Waals surface area (Å²) < 4.78 is 6.96. The van der Waals surface area contributed by atoms with E-state index in [1.54, 1.807) is 36.6 Å². The van der Waals surface area contributed by atoms with Gasteiger partial charge in [0.1, 0.15) is 17.9 Å². The average Bonchev–Trinajstić information content (AvgIpc) is 3.53. The summed E-state index contributed by atoms with van der Waals surface area (Å²) in [6.07, 6.45) is 13.2. The number of carbonyl (C=O) groups is 2. The van der Waals surface area contributed by atoms with E-state index in [9.17, 15) is 9.59 Å². The van der Waals surface area contributed by atoms with E-state index in [1.165, 1.54) is 6.42 Å². The van der Waals surface area contributed by atoms with Gasteiger partial charge in [-0.05, 0) is 43.0 Å². The Bertz CT molecular complexity index is 1320. The van der Waals surface area contributed by atoms with Crippen molar-refractivity contribution in [3.05, 3.63) is 59.8 Å². The largest absolute Gasteiger partial charge is 0.495 e. The maximum absolute atomic E-state index is 13.2. The summed E-state index contributed by atoms with van der Waals surface area (Å²) in [6.45, 7) is 1.99. The number of rotatable bonds is 9. The Morgan fingerprint density at radius 3 is 2.73 bits per heavy atom. The summed E-state index contributed by atoms with van der Waals surface area (Å²) in [5.74, 6) is 1.74. The number of methoxy groups -OCH3 is 1. The van der Waals surface area contributed by atoms with Crippen molar-refractivity contribution in [2.45, 2.75) is 57.0 Å². The summed E-state index contributed by atoms with van der Waals surface area (Å²) in [7, 11) is 1.58. The van der Waals surface area contributed by atoms with Crippen LogP contribution in [0, 0.1) is 0 Å². The third-order valence-corrected chi connectivity index (χ3v) is 8.03. The number of amides is 3. The minimum Gasteiger partial charge on any atom is -0.495 e. The summed E-state index contributed by atoms with van der Waals surface area (Å²) in [6, 6.07) is 7.38. The molecule has 3 heterocycles. The lowest BCUT2D eigenvalue weighted by molar-refractivity contribution is -0.121. The number of piperazine rings is 1. The molecule has 1 atom stereocenters. The van der Waals surface area contributed by atoms with E-state index in [4.69, 9.17) is 21.3 Å². The van der Waals surface area contributed by atoms with Gasteiger partial charge in [0.15, 0.2) is 0 Å². The van der Waals surface area contributed by atoms with E-state index in [0.717, 1.165) is 31.2 Å². The van der Waals surface area contributed by atoms with Crippen LogP contribution in [0.1, 0.15) is 44.1 Å². The Hall–Kier alpha value is -3.86. The first kappa shape index (κ1) is 28.7. The first-order valence-corrected chi connectivity index (χ1v) is 14.6.